The van der Waals surface area contributed by atoms with Gasteiger partial charge in [0.25, 0.3) is 5.91 Å². The molecule has 0 aliphatic carbocycles. The molecule has 0 aromatic heterocycles. The average molecular weight is 207 g/mol. The van der Waals surface area contributed by atoms with Crippen molar-refractivity contribution in [1.82, 2.24) is 10.2 Å². The van der Waals surface area contributed by atoms with Gasteiger partial charge in [0.2, 0.25) is 0 Å². The summed E-state index contributed by atoms with van der Waals surface area (Å²) < 4.78 is 0. The lowest BCUT2D eigenvalue weighted by Gasteiger charge is -2.16. The molecule has 0 fully saturated rings. The minimum absolute atomic E-state index is 0.0188. The van der Waals surface area contributed by atoms with E-state index in [0.717, 1.165) is 6.54 Å². The standard InChI is InChI=1S/C11H17N3O/c1-13-7-8-14(2)11(15)9-3-5-10(12)6-4-9/h3-6,13H,7-8,12H2,1-2H3. The van der Waals surface area contributed by atoms with Crippen molar-refractivity contribution < 1.29 is 4.79 Å². The van der Waals surface area contributed by atoms with E-state index in [9.17, 15) is 4.79 Å². The lowest BCUT2D eigenvalue weighted by molar-refractivity contribution is 0.0797. The topological polar surface area (TPSA) is 58.4 Å². The third kappa shape index (κ3) is 3.25. The number of nitrogens with two attached hydrogens (primary N) is 1. The number of anilines is 1. The molecule has 0 heterocycles. The van der Waals surface area contributed by atoms with Crippen LogP contribution in [-0.2, 0) is 0 Å². The third-order valence-electron chi connectivity index (χ3n) is 2.20. The molecule has 0 aliphatic heterocycles. The highest BCUT2D eigenvalue weighted by atomic mass is 16.2. The van der Waals surface area contributed by atoms with E-state index in [-0.39, 0.29) is 5.91 Å². The number of nitrogen functional groups attached to an aromatic ring is 1. The number of hydrogen-bond acceptors (Lipinski definition) is 3. The molecule has 4 nitrogen and oxygen atoms in total. The lowest BCUT2D eigenvalue weighted by atomic mass is 10.2. The van der Waals surface area contributed by atoms with Gasteiger partial charge in [-0.15, -0.1) is 0 Å². The van der Waals surface area contributed by atoms with Crippen molar-refractivity contribution in [2.75, 3.05) is 32.9 Å². The molecular formula is C11H17N3O. The molecule has 15 heavy (non-hydrogen) atoms. The van der Waals surface area contributed by atoms with E-state index in [0.29, 0.717) is 17.8 Å². The number of nitrogens with zero attached hydrogens (tertiary/aromatic N) is 1. The summed E-state index contributed by atoms with van der Waals surface area (Å²) in [6.07, 6.45) is 0. The van der Waals surface area contributed by atoms with Crippen LogP contribution in [0.25, 0.3) is 0 Å². The molecule has 0 saturated carbocycles. The first-order chi connectivity index (χ1) is 7.15. The van der Waals surface area contributed by atoms with Gasteiger partial charge in [0.1, 0.15) is 0 Å². The highest BCUT2D eigenvalue weighted by Gasteiger charge is 2.09. The van der Waals surface area contributed by atoms with E-state index in [1.54, 1.807) is 36.2 Å². The molecule has 0 unspecified atom stereocenters. The van der Waals surface area contributed by atoms with Crippen molar-refractivity contribution in [3.05, 3.63) is 29.8 Å². The molecule has 1 rings (SSSR count). The quantitative estimate of drug-likeness (QED) is 0.709. The summed E-state index contributed by atoms with van der Waals surface area (Å²) >= 11 is 0. The van der Waals surface area contributed by atoms with Gasteiger partial charge in [0, 0.05) is 31.4 Å². The summed E-state index contributed by atoms with van der Waals surface area (Å²) in [6, 6.07) is 6.96. The number of rotatable bonds is 4. The Morgan fingerprint density at radius 1 is 1.40 bits per heavy atom. The summed E-state index contributed by atoms with van der Waals surface area (Å²) in [7, 11) is 3.65. The van der Waals surface area contributed by atoms with Gasteiger partial charge in [-0.05, 0) is 31.3 Å². The van der Waals surface area contributed by atoms with Gasteiger partial charge in [0.15, 0.2) is 0 Å². The second-order valence-electron chi connectivity index (χ2n) is 3.45. The van der Waals surface area contributed by atoms with Crippen LogP contribution in [-0.4, -0.2) is 38.0 Å². The first kappa shape index (κ1) is 11.5. The van der Waals surface area contributed by atoms with Crippen molar-refractivity contribution in [3.63, 3.8) is 0 Å². The van der Waals surface area contributed by atoms with Crippen molar-refractivity contribution in [1.29, 1.82) is 0 Å². The third-order valence-corrected chi connectivity index (χ3v) is 2.20. The molecule has 82 valence electrons. The molecule has 4 heteroatoms. The zero-order valence-electron chi connectivity index (χ0n) is 9.16. The predicted molar refractivity (Wildman–Crippen MR) is 61.7 cm³/mol. The largest absolute Gasteiger partial charge is 0.399 e. The van der Waals surface area contributed by atoms with Gasteiger partial charge in [0.05, 0.1) is 0 Å². The minimum Gasteiger partial charge on any atom is -0.399 e. The molecular weight excluding hydrogens is 190 g/mol. The summed E-state index contributed by atoms with van der Waals surface area (Å²) in [5.41, 5.74) is 6.89. The fourth-order valence-corrected chi connectivity index (χ4v) is 1.23. The highest BCUT2D eigenvalue weighted by Crippen LogP contribution is 2.07. The summed E-state index contributed by atoms with van der Waals surface area (Å²) in [5.74, 6) is 0.0188. The maximum Gasteiger partial charge on any atom is 0.253 e. The number of amides is 1. The molecule has 1 aromatic rings. The zero-order valence-corrected chi connectivity index (χ0v) is 9.16. The second-order valence-corrected chi connectivity index (χ2v) is 3.45. The fraction of sp³-hybridized carbons (Fsp3) is 0.364. The van der Waals surface area contributed by atoms with E-state index >= 15 is 0 Å². The molecule has 0 atom stereocenters. The van der Waals surface area contributed by atoms with Crippen LogP contribution in [0.5, 0.6) is 0 Å². The Labute approximate surface area is 90.1 Å². The van der Waals surface area contributed by atoms with E-state index in [1.165, 1.54) is 0 Å². The van der Waals surface area contributed by atoms with Crippen LogP contribution in [0.15, 0.2) is 24.3 Å². The molecule has 0 aliphatic rings. The van der Waals surface area contributed by atoms with E-state index in [4.69, 9.17) is 5.73 Å². The van der Waals surface area contributed by atoms with Crippen LogP contribution in [0, 0.1) is 0 Å². The maximum absolute atomic E-state index is 11.8. The normalized spacial score (nSPS) is 10.0. The first-order valence-corrected chi connectivity index (χ1v) is 4.90. The summed E-state index contributed by atoms with van der Waals surface area (Å²) in [4.78, 5) is 13.5. The Balaban J connectivity index is 2.63. The average Bonchev–Trinajstić information content (AvgIpc) is 2.26. The van der Waals surface area contributed by atoms with Gasteiger partial charge in [-0.1, -0.05) is 0 Å². The van der Waals surface area contributed by atoms with E-state index < -0.39 is 0 Å². The number of carbonyl (C=O) groups is 1. The van der Waals surface area contributed by atoms with Gasteiger partial charge < -0.3 is 16.0 Å². The van der Waals surface area contributed by atoms with Crippen molar-refractivity contribution in [2.24, 2.45) is 0 Å². The molecule has 1 amide bonds. The lowest BCUT2D eigenvalue weighted by Crippen LogP contribution is -2.32. The van der Waals surface area contributed by atoms with Crippen LogP contribution in [0.2, 0.25) is 0 Å². The predicted octanol–water partition coefficient (Wildman–Crippen LogP) is 0.560. The van der Waals surface area contributed by atoms with Gasteiger partial charge in [-0.25, -0.2) is 0 Å². The Kier molecular flexibility index (Phi) is 4.12. The minimum atomic E-state index is 0.0188. The molecule has 3 N–H and O–H groups in total. The Hall–Kier alpha value is -1.55. The highest BCUT2D eigenvalue weighted by molar-refractivity contribution is 5.94. The second kappa shape index (κ2) is 5.36. The van der Waals surface area contributed by atoms with Crippen molar-refractivity contribution in [3.8, 4) is 0 Å². The molecule has 0 radical (unpaired) electrons. The molecule has 0 saturated heterocycles. The monoisotopic (exact) mass is 207 g/mol. The Bertz CT molecular complexity index is 321. The van der Waals surface area contributed by atoms with Crippen LogP contribution in [0.4, 0.5) is 5.69 Å². The number of likely N-dealkylation sites (N-methyl/N-ethyl adjacent to an activating group) is 2. The smallest absolute Gasteiger partial charge is 0.253 e. The first-order valence-electron chi connectivity index (χ1n) is 4.90. The summed E-state index contributed by atoms with van der Waals surface area (Å²) in [6.45, 7) is 1.48. The number of carbonyl (C=O) groups excluding carboxylic acids is 1. The molecule has 1 aromatic carbocycles. The van der Waals surface area contributed by atoms with E-state index in [1.807, 2.05) is 7.05 Å². The molecule has 0 bridgehead atoms. The maximum atomic E-state index is 11.8. The molecule has 0 spiro atoms. The van der Waals surface area contributed by atoms with Gasteiger partial charge in [-0.3, -0.25) is 4.79 Å². The van der Waals surface area contributed by atoms with E-state index in [2.05, 4.69) is 5.32 Å². The van der Waals surface area contributed by atoms with Crippen LogP contribution >= 0.6 is 0 Å². The van der Waals surface area contributed by atoms with Crippen LogP contribution in [0.3, 0.4) is 0 Å². The Morgan fingerprint density at radius 2 is 2.00 bits per heavy atom. The number of benzene rings is 1. The number of nitrogens with one attached hydrogen (secondary N) is 1. The van der Waals surface area contributed by atoms with Crippen LogP contribution < -0.4 is 11.1 Å². The Morgan fingerprint density at radius 3 is 2.53 bits per heavy atom. The fourth-order valence-electron chi connectivity index (χ4n) is 1.23. The van der Waals surface area contributed by atoms with Gasteiger partial charge >= 0.3 is 0 Å². The van der Waals surface area contributed by atoms with Crippen molar-refractivity contribution in [2.45, 2.75) is 0 Å². The zero-order chi connectivity index (χ0) is 11.3. The van der Waals surface area contributed by atoms with Crippen molar-refractivity contribution >= 4 is 11.6 Å². The van der Waals surface area contributed by atoms with Crippen LogP contribution in [0.1, 0.15) is 10.4 Å². The SMILES string of the molecule is CNCCN(C)C(=O)c1ccc(N)cc1. The summed E-state index contributed by atoms with van der Waals surface area (Å²) in [5, 5.41) is 3.00. The van der Waals surface area contributed by atoms with Gasteiger partial charge in [-0.2, -0.15) is 0 Å². The number of hydrogen-bond donors (Lipinski definition) is 2.